The minimum Gasteiger partial charge on any atom is -0.497 e. The number of ether oxygens (including phenoxy) is 1. The molecule has 0 bridgehead atoms. The van der Waals surface area contributed by atoms with Gasteiger partial charge in [-0.2, -0.15) is 0 Å². The molecule has 0 aliphatic rings. The predicted molar refractivity (Wildman–Crippen MR) is 79.5 cm³/mol. The van der Waals surface area contributed by atoms with E-state index in [2.05, 4.69) is 21.2 Å². The van der Waals surface area contributed by atoms with Gasteiger partial charge < -0.3 is 15.8 Å². The zero-order chi connectivity index (χ0) is 13.8. The van der Waals surface area contributed by atoms with Crippen molar-refractivity contribution in [1.82, 2.24) is 0 Å². The van der Waals surface area contributed by atoms with E-state index in [1.165, 1.54) is 0 Å². The topological polar surface area (TPSA) is 64.3 Å². The Labute approximate surface area is 119 Å². The standard InChI is InChI=1S/C14H13BrN2O2/c1-19-9-6-7-13(12(16)8-9)17-14(18)10-4-2-3-5-11(10)15/h2-8H,16H2,1H3,(H,17,18). The molecule has 0 aliphatic carbocycles. The first-order valence-electron chi connectivity index (χ1n) is 5.61. The van der Waals surface area contributed by atoms with Gasteiger partial charge in [0.05, 0.1) is 24.0 Å². The third-order valence-corrected chi connectivity index (χ3v) is 3.32. The monoisotopic (exact) mass is 320 g/mol. The van der Waals surface area contributed by atoms with Crippen LogP contribution in [0.5, 0.6) is 5.75 Å². The fourth-order valence-electron chi connectivity index (χ4n) is 1.62. The van der Waals surface area contributed by atoms with E-state index < -0.39 is 0 Å². The Morgan fingerprint density at radius 2 is 2.00 bits per heavy atom. The average molecular weight is 321 g/mol. The molecule has 5 heteroatoms. The van der Waals surface area contributed by atoms with Gasteiger partial charge in [-0.1, -0.05) is 12.1 Å². The van der Waals surface area contributed by atoms with Gasteiger partial charge in [-0.05, 0) is 40.2 Å². The number of carbonyl (C=O) groups excluding carboxylic acids is 1. The van der Waals surface area contributed by atoms with E-state index in [9.17, 15) is 4.79 Å². The molecule has 1 amide bonds. The van der Waals surface area contributed by atoms with Gasteiger partial charge in [-0.15, -0.1) is 0 Å². The minimum atomic E-state index is -0.218. The van der Waals surface area contributed by atoms with Crippen LogP contribution in [0.3, 0.4) is 0 Å². The molecule has 19 heavy (non-hydrogen) atoms. The van der Waals surface area contributed by atoms with Crippen molar-refractivity contribution >= 4 is 33.2 Å². The molecule has 0 saturated carbocycles. The zero-order valence-corrected chi connectivity index (χ0v) is 11.9. The van der Waals surface area contributed by atoms with Crippen LogP contribution < -0.4 is 15.8 Å². The van der Waals surface area contributed by atoms with E-state index in [0.717, 1.165) is 4.47 Å². The third-order valence-electron chi connectivity index (χ3n) is 2.63. The molecule has 0 radical (unpaired) electrons. The summed E-state index contributed by atoms with van der Waals surface area (Å²) in [7, 11) is 1.56. The lowest BCUT2D eigenvalue weighted by molar-refractivity contribution is 0.102. The van der Waals surface area contributed by atoms with E-state index in [4.69, 9.17) is 10.5 Å². The molecule has 0 aliphatic heterocycles. The van der Waals surface area contributed by atoms with Gasteiger partial charge in [-0.25, -0.2) is 0 Å². The maximum Gasteiger partial charge on any atom is 0.256 e. The molecule has 2 aromatic carbocycles. The van der Waals surface area contributed by atoms with Crippen molar-refractivity contribution < 1.29 is 9.53 Å². The Balaban J connectivity index is 2.22. The summed E-state index contributed by atoms with van der Waals surface area (Å²) >= 11 is 3.34. The summed E-state index contributed by atoms with van der Waals surface area (Å²) in [6.45, 7) is 0. The van der Waals surface area contributed by atoms with Gasteiger partial charge in [0.1, 0.15) is 5.75 Å². The molecule has 0 heterocycles. The molecule has 4 nitrogen and oxygen atoms in total. The highest BCUT2D eigenvalue weighted by molar-refractivity contribution is 9.10. The summed E-state index contributed by atoms with van der Waals surface area (Å²) in [4.78, 5) is 12.1. The second-order valence-corrected chi connectivity index (χ2v) is 4.74. The number of hydrogen-bond donors (Lipinski definition) is 2. The highest BCUT2D eigenvalue weighted by Gasteiger charge is 2.11. The van der Waals surface area contributed by atoms with Gasteiger partial charge in [0, 0.05) is 10.5 Å². The molecule has 98 valence electrons. The summed E-state index contributed by atoms with van der Waals surface area (Å²) in [6.07, 6.45) is 0. The maximum atomic E-state index is 12.1. The molecule has 0 aromatic heterocycles. The first-order chi connectivity index (χ1) is 9.11. The Kier molecular flexibility index (Phi) is 4.06. The van der Waals surface area contributed by atoms with Crippen molar-refractivity contribution in [2.45, 2.75) is 0 Å². The molecular weight excluding hydrogens is 308 g/mol. The summed E-state index contributed by atoms with van der Waals surface area (Å²) in [5.74, 6) is 0.431. The Bertz CT molecular complexity index is 614. The number of methoxy groups -OCH3 is 1. The number of hydrogen-bond acceptors (Lipinski definition) is 3. The Morgan fingerprint density at radius 3 is 2.63 bits per heavy atom. The lowest BCUT2D eigenvalue weighted by Gasteiger charge is -2.10. The van der Waals surface area contributed by atoms with E-state index in [-0.39, 0.29) is 5.91 Å². The first-order valence-corrected chi connectivity index (χ1v) is 6.40. The lowest BCUT2D eigenvalue weighted by atomic mass is 10.2. The average Bonchev–Trinajstić information content (AvgIpc) is 2.41. The molecule has 0 spiro atoms. The van der Waals surface area contributed by atoms with Crippen molar-refractivity contribution in [2.24, 2.45) is 0 Å². The van der Waals surface area contributed by atoms with E-state index >= 15 is 0 Å². The van der Waals surface area contributed by atoms with E-state index in [1.54, 1.807) is 37.4 Å². The molecule has 0 fully saturated rings. The number of halogens is 1. The van der Waals surface area contributed by atoms with Crippen molar-refractivity contribution in [1.29, 1.82) is 0 Å². The maximum absolute atomic E-state index is 12.1. The number of rotatable bonds is 3. The summed E-state index contributed by atoms with van der Waals surface area (Å²) < 4.78 is 5.79. The minimum absolute atomic E-state index is 0.218. The molecule has 0 saturated heterocycles. The quantitative estimate of drug-likeness (QED) is 0.853. The summed E-state index contributed by atoms with van der Waals surface area (Å²) in [5, 5.41) is 2.77. The van der Waals surface area contributed by atoms with Crippen LogP contribution in [0.15, 0.2) is 46.9 Å². The number of carbonyl (C=O) groups is 1. The Hall–Kier alpha value is -2.01. The highest BCUT2D eigenvalue weighted by Crippen LogP contribution is 2.25. The summed E-state index contributed by atoms with van der Waals surface area (Å²) in [5.41, 5.74) is 7.42. The molecule has 0 unspecified atom stereocenters. The Morgan fingerprint density at radius 1 is 1.26 bits per heavy atom. The van der Waals surface area contributed by atoms with Crippen LogP contribution in [0.1, 0.15) is 10.4 Å². The number of nitrogens with two attached hydrogens (primary N) is 1. The molecule has 2 aromatic rings. The fourth-order valence-corrected chi connectivity index (χ4v) is 2.08. The second kappa shape index (κ2) is 5.75. The van der Waals surface area contributed by atoms with Crippen molar-refractivity contribution in [3.05, 3.63) is 52.5 Å². The fraction of sp³-hybridized carbons (Fsp3) is 0.0714. The second-order valence-electron chi connectivity index (χ2n) is 3.89. The van der Waals surface area contributed by atoms with Gasteiger partial charge >= 0.3 is 0 Å². The number of anilines is 2. The molecule has 0 atom stereocenters. The van der Waals surface area contributed by atoms with Gasteiger partial charge in [0.25, 0.3) is 5.91 Å². The van der Waals surface area contributed by atoms with Crippen LogP contribution in [0, 0.1) is 0 Å². The normalized spacial score (nSPS) is 10.0. The van der Waals surface area contributed by atoms with Crippen molar-refractivity contribution in [3.8, 4) is 5.75 Å². The largest absolute Gasteiger partial charge is 0.497 e. The molecule has 2 rings (SSSR count). The number of amides is 1. The van der Waals surface area contributed by atoms with Gasteiger partial charge in [-0.3, -0.25) is 4.79 Å². The highest BCUT2D eigenvalue weighted by atomic mass is 79.9. The number of nitrogens with one attached hydrogen (secondary N) is 1. The molecular formula is C14H13BrN2O2. The van der Waals surface area contributed by atoms with Gasteiger partial charge in [0.15, 0.2) is 0 Å². The van der Waals surface area contributed by atoms with Crippen LogP contribution >= 0.6 is 15.9 Å². The van der Waals surface area contributed by atoms with Gasteiger partial charge in [0.2, 0.25) is 0 Å². The molecule has 3 N–H and O–H groups in total. The van der Waals surface area contributed by atoms with Crippen LogP contribution in [0.25, 0.3) is 0 Å². The van der Waals surface area contributed by atoms with E-state index in [1.807, 2.05) is 12.1 Å². The first kappa shape index (κ1) is 13.4. The van der Waals surface area contributed by atoms with Crippen LogP contribution in [0.4, 0.5) is 11.4 Å². The number of benzene rings is 2. The van der Waals surface area contributed by atoms with E-state index in [0.29, 0.717) is 22.7 Å². The van der Waals surface area contributed by atoms with Crippen molar-refractivity contribution in [2.75, 3.05) is 18.2 Å². The lowest BCUT2D eigenvalue weighted by Crippen LogP contribution is -2.13. The van der Waals surface area contributed by atoms with Crippen LogP contribution in [-0.4, -0.2) is 13.0 Å². The van der Waals surface area contributed by atoms with Crippen LogP contribution in [-0.2, 0) is 0 Å². The smallest absolute Gasteiger partial charge is 0.256 e. The van der Waals surface area contributed by atoms with Crippen LogP contribution in [0.2, 0.25) is 0 Å². The predicted octanol–water partition coefficient (Wildman–Crippen LogP) is 3.29. The SMILES string of the molecule is COc1ccc(NC(=O)c2ccccc2Br)c(N)c1. The third kappa shape index (κ3) is 3.06. The zero-order valence-electron chi connectivity index (χ0n) is 10.3. The number of nitrogen functional groups attached to an aromatic ring is 1. The summed E-state index contributed by atoms with van der Waals surface area (Å²) in [6, 6.07) is 12.3. The van der Waals surface area contributed by atoms with Crippen molar-refractivity contribution in [3.63, 3.8) is 0 Å².